The molecule has 0 aromatic heterocycles. The number of carboxylic acid groups (broad SMARTS) is 1. The summed E-state index contributed by atoms with van der Waals surface area (Å²) >= 11 is 7.32. The third-order valence-corrected chi connectivity index (χ3v) is 7.71. The van der Waals surface area contributed by atoms with Crippen molar-refractivity contribution in [2.24, 2.45) is 5.92 Å². The van der Waals surface area contributed by atoms with Crippen molar-refractivity contribution in [1.82, 2.24) is 0 Å². The summed E-state index contributed by atoms with van der Waals surface area (Å²) in [4.78, 5) is 38.3. The fourth-order valence-corrected chi connectivity index (χ4v) is 5.55. The van der Waals surface area contributed by atoms with Crippen LogP contribution in [0.15, 0.2) is 77.7 Å². The summed E-state index contributed by atoms with van der Waals surface area (Å²) < 4.78 is 0. The van der Waals surface area contributed by atoms with Gasteiger partial charge in [0.1, 0.15) is 5.25 Å². The molecule has 0 radical (unpaired) electrons. The van der Waals surface area contributed by atoms with E-state index in [1.54, 1.807) is 6.07 Å². The first-order valence-electron chi connectivity index (χ1n) is 11.9. The standard InChI is InChI=1S/C28H27ClN2O4S/c29-24-15-14-21(17-23(24)28(34)35)31-27(33)25(18-8-3-1-4-9-18)36-22-13-7-12-20(16-22)30-26(32)19-10-5-2-6-11-19/h1,3-4,7-9,12-17,19,25H,2,5-6,10-11H2,(H,30,32)(H,31,33)(H,34,35). The first kappa shape index (κ1) is 25.8. The van der Waals surface area contributed by atoms with Crippen LogP contribution < -0.4 is 10.6 Å². The summed E-state index contributed by atoms with van der Waals surface area (Å²) in [6.45, 7) is 0. The largest absolute Gasteiger partial charge is 0.478 e. The summed E-state index contributed by atoms with van der Waals surface area (Å²) in [6.07, 6.45) is 5.20. The fraction of sp³-hybridized carbons (Fsp3) is 0.250. The Morgan fingerprint density at radius 2 is 1.58 bits per heavy atom. The van der Waals surface area contributed by atoms with Gasteiger partial charge in [-0.2, -0.15) is 0 Å². The molecule has 1 saturated carbocycles. The molecule has 3 N–H and O–H groups in total. The van der Waals surface area contributed by atoms with Crippen LogP contribution in [0.2, 0.25) is 5.02 Å². The predicted molar refractivity (Wildman–Crippen MR) is 144 cm³/mol. The number of hydrogen-bond donors (Lipinski definition) is 3. The van der Waals surface area contributed by atoms with Crippen molar-refractivity contribution in [3.05, 3.63) is 88.9 Å². The Bertz CT molecular complexity index is 1250. The van der Waals surface area contributed by atoms with Crippen LogP contribution in [0.1, 0.15) is 53.3 Å². The molecule has 3 aromatic carbocycles. The van der Waals surface area contributed by atoms with Crippen LogP contribution >= 0.6 is 23.4 Å². The van der Waals surface area contributed by atoms with Crippen molar-refractivity contribution in [3.63, 3.8) is 0 Å². The lowest BCUT2D eigenvalue weighted by Gasteiger charge is -2.21. The van der Waals surface area contributed by atoms with Crippen molar-refractivity contribution in [2.75, 3.05) is 10.6 Å². The summed E-state index contributed by atoms with van der Waals surface area (Å²) in [5.41, 5.74) is 1.76. The highest BCUT2D eigenvalue weighted by molar-refractivity contribution is 8.00. The smallest absolute Gasteiger partial charge is 0.337 e. The monoisotopic (exact) mass is 522 g/mol. The molecule has 0 spiro atoms. The average Bonchev–Trinajstić information content (AvgIpc) is 2.89. The molecule has 0 heterocycles. The minimum absolute atomic E-state index is 0.0474. The minimum atomic E-state index is -1.17. The van der Waals surface area contributed by atoms with Gasteiger partial charge >= 0.3 is 5.97 Å². The molecule has 0 saturated heterocycles. The Morgan fingerprint density at radius 1 is 0.861 bits per heavy atom. The summed E-state index contributed by atoms with van der Waals surface area (Å²) in [5, 5.41) is 14.7. The number of hydrogen-bond acceptors (Lipinski definition) is 4. The molecule has 8 heteroatoms. The predicted octanol–water partition coefficient (Wildman–Crippen LogP) is 7.03. The third kappa shape index (κ3) is 6.68. The zero-order valence-electron chi connectivity index (χ0n) is 19.6. The van der Waals surface area contributed by atoms with Gasteiger partial charge in [-0.05, 0) is 54.8 Å². The minimum Gasteiger partial charge on any atom is -0.478 e. The van der Waals surface area contributed by atoms with Crippen molar-refractivity contribution in [3.8, 4) is 0 Å². The molecular weight excluding hydrogens is 496 g/mol. The molecule has 6 nitrogen and oxygen atoms in total. The molecular formula is C28H27ClN2O4S. The molecule has 1 aliphatic rings. The number of aromatic carboxylic acids is 1. The number of rotatable bonds is 8. The van der Waals surface area contributed by atoms with E-state index in [2.05, 4.69) is 10.6 Å². The van der Waals surface area contributed by atoms with E-state index in [0.717, 1.165) is 36.1 Å². The number of nitrogens with one attached hydrogen (secondary N) is 2. The van der Waals surface area contributed by atoms with Gasteiger partial charge in [0.2, 0.25) is 11.8 Å². The Balaban J connectivity index is 1.53. The van der Waals surface area contributed by atoms with Gasteiger partial charge in [0, 0.05) is 22.2 Å². The van der Waals surface area contributed by atoms with Crippen LogP contribution in [0, 0.1) is 5.92 Å². The second-order valence-corrected chi connectivity index (χ2v) is 10.3. The van der Waals surface area contributed by atoms with E-state index < -0.39 is 11.2 Å². The number of carboxylic acids is 1. The van der Waals surface area contributed by atoms with Gasteiger partial charge in [-0.25, -0.2) is 4.79 Å². The van der Waals surface area contributed by atoms with E-state index in [-0.39, 0.29) is 28.3 Å². The number of amides is 2. The van der Waals surface area contributed by atoms with E-state index >= 15 is 0 Å². The Labute approximate surface area is 219 Å². The zero-order chi connectivity index (χ0) is 25.5. The normalized spacial score (nSPS) is 14.6. The van der Waals surface area contributed by atoms with Crippen molar-refractivity contribution in [1.29, 1.82) is 0 Å². The number of benzene rings is 3. The number of halogens is 1. The van der Waals surface area contributed by atoms with E-state index in [9.17, 15) is 19.5 Å². The SMILES string of the molecule is O=C(O)c1cc(NC(=O)C(Sc2cccc(NC(=O)C3CCCCC3)c2)c2ccccc2)ccc1Cl. The number of carbonyl (C=O) groups excluding carboxylic acids is 2. The van der Waals surface area contributed by atoms with Crippen LogP contribution in [0.4, 0.5) is 11.4 Å². The quantitative estimate of drug-likeness (QED) is 0.276. The van der Waals surface area contributed by atoms with Gasteiger partial charge in [-0.15, -0.1) is 11.8 Å². The van der Waals surface area contributed by atoms with Gasteiger partial charge in [-0.1, -0.05) is 67.3 Å². The van der Waals surface area contributed by atoms with Crippen molar-refractivity contribution >= 4 is 52.5 Å². The van der Waals surface area contributed by atoms with Crippen molar-refractivity contribution < 1.29 is 19.5 Å². The van der Waals surface area contributed by atoms with Crippen LogP contribution in [-0.4, -0.2) is 22.9 Å². The highest BCUT2D eigenvalue weighted by Crippen LogP contribution is 2.37. The lowest BCUT2D eigenvalue weighted by Crippen LogP contribution is -2.24. The molecule has 0 bridgehead atoms. The fourth-order valence-electron chi connectivity index (χ4n) is 4.27. The highest BCUT2D eigenvalue weighted by atomic mass is 35.5. The Hall–Kier alpha value is -3.29. The number of thioether (sulfide) groups is 1. The molecule has 1 atom stereocenters. The lowest BCUT2D eigenvalue weighted by atomic mass is 9.88. The van der Waals surface area contributed by atoms with Crippen LogP contribution in [0.25, 0.3) is 0 Å². The Kier molecular flexibility index (Phi) is 8.67. The van der Waals surface area contributed by atoms with E-state index in [1.165, 1.54) is 30.3 Å². The second kappa shape index (κ2) is 12.1. The van der Waals surface area contributed by atoms with Gasteiger partial charge in [-0.3, -0.25) is 9.59 Å². The van der Waals surface area contributed by atoms with Gasteiger partial charge in [0.15, 0.2) is 0 Å². The molecule has 36 heavy (non-hydrogen) atoms. The Morgan fingerprint density at radius 3 is 2.31 bits per heavy atom. The molecule has 1 fully saturated rings. The number of anilines is 2. The molecule has 1 unspecified atom stereocenters. The third-order valence-electron chi connectivity index (χ3n) is 6.14. The summed E-state index contributed by atoms with van der Waals surface area (Å²) in [5.74, 6) is -1.38. The molecule has 2 amide bonds. The first-order valence-corrected chi connectivity index (χ1v) is 13.1. The van der Waals surface area contributed by atoms with E-state index in [0.29, 0.717) is 11.4 Å². The van der Waals surface area contributed by atoms with Crippen LogP contribution in [0.5, 0.6) is 0 Å². The maximum absolute atomic E-state index is 13.4. The van der Waals surface area contributed by atoms with Gasteiger partial charge in [0.05, 0.1) is 10.6 Å². The van der Waals surface area contributed by atoms with Gasteiger partial charge < -0.3 is 15.7 Å². The molecule has 0 aliphatic heterocycles. The molecule has 186 valence electrons. The first-order chi connectivity index (χ1) is 17.4. The van der Waals surface area contributed by atoms with E-state index in [4.69, 9.17) is 11.6 Å². The number of carbonyl (C=O) groups is 3. The molecule has 1 aliphatic carbocycles. The molecule has 3 aromatic rings. The van der Waals surface area contributed by atoms with E-state index in [1.807, 2.05) is 54.6 Å². The highest BCUT2D eigenvalue weighted by Gasteiger charge is 2.24. The summed E-state index contributed by atoms with van der Waals surface area (Å²) in [6, 6.07) is 21.2. The zero-order valence-corrected chi connectivity index (χ0v) is 21.1. The lowest BCUT2D eigenvalue weighted by molar-refractivity contribution is -0.120. The maximum Gasteiger partial charge on any atom is 0.337 e. The van der Waals surface area contributed by atoms with Crippen molar-refractivity contribution in [2.45, 2.75) is 42.2 Å². The average molecular weight is 523 g/mol. The molecule has 4 rings (SSSR count). The maximum atomic E-state index is 13.4. The summed E-state index contributed by atoms with van der Waals surface area (Å²) in [7, 11) is 0. The second-order valence-electron chi connectivity index (χ2n) is 8.75. The van der Waals surface area contributed by atoms with Crippen LogP contribution in [0.3, 0.4) is 0 Å². The van der Waals surface area contributed by atoms with Gasteiger partial charge in [0.25, 0.3) is 0 Å². The topological polar surface area (TPSA) is 95.5 Å². The van der Waals surface area contributed by atoms with Crippen LogP contribution in [-0.2, 0) is 9.59 Å².